The van der Waals surface area contributed by atoms with E-state index < -0.39 is 5.97 Å². The van der Waals surface area contributed by atoms with Gasteiger partial charge >= 0.3 is 5.97 Å². The van der Waals surface area contributed by atoms with Crippen molar-refractivity contribution in [2.45, 2.75) is 124 Å². The molecule has 40 heavy (non-hydrogen) atoms. The smallest absolute Gasteiger partial charge is 0.303 e. The van der Waals surface area contributed by atoms with Crippen LogP contribution in [0.25, 0.3) is 0 Å². The minimum atomic E-state index is -0.734. The summed E-state index contributed by atoms with van der Waals surface area (Å²) < 4.78 is 6.04. The third-order valence-electron chi connectivity index (χ3n) is 8.61. The normalized spacial score (nSPS) is 12.3. The first-order valence-electron chi connectivity index (χ1n) is 15.1. The molecule has 2 N–H and O–H groups in total. The fraction of sp³-hybridized carbons (Fsp3) is 0.583. The molecule has 0 aliphatic carbocycles. The summed E-state index contributed by atoms with van der Waals surface area (Å²) in [6, 6.07) is 13.5. The molecule has 0 aliphatic heterocycles. The Morgan fingerprint density at radius 2 is 1.52 bits per heavy atom. The number of carboxylic acids is 1. The number of aryl methyl sites for hydroxylation is 3. The highest BCUT2D eigenvalue weighted by molar-refractivity contribution is 5.66. The Bertz CT molecular complexity index is 1060. The molecular formula is C36H54O4. The molecule has 2 aromatic carbocycles. The van der Waals surface area contributed by atoms with Crippen molar-refractivity contribution >= 4 is 5.97 Å². The second kappa shape index (κ2) is 17.1. The van der Waals surface area contributed by atoms with Gasteiger partial charge in [0.15, 0.2) is 0 Å². The van der Waals surface area contributed by atoms with E-state index in [9.17, 15) is 9.90 Å². The molecule has 0 saturated heterocycles. The molecule has 0 aliphatic rings. The predicted octanol–water partition coefficient (Wildman–Crippen LogP) is 8.80. The summed E-state index contributed by atoms with van der Waals surface area (Å²) in [4.78, 5) is 10.7. The molecule has 0 spiro atoms. The average Bonchev–Trinajstić information content (AvgIpc) is 2.92. The highest BCUT2D eigenvalue weighted by Crippen LogP contribution is 2.41. The number of rotatable bonds is 17. The van der Waals surface area contributed by atoms with Gasteiger partial charge in [-0.1, -0.05) is 71.4 Å². The Balaban J connectivity index is 0.00000391. The van der Waals surface area contributed by atoms with Crippen LogP contribution in [0.3, 0.4) is 0 Å². The van der Waals surface area contributed by atoms with Crippen molar-refractivity contribution < 1.29 is 19.7 Å². The van der Waals surface area contributed by atoms with Crippen molar-refractivity contribution in [3.05, 3.63) is 64.2 Å². The fourth-order valence-electron chi connectivity index (χ4n) is 5.85. The largest absolute Gasteiger partial charge is 0.493 e. The number of aliphatic hydroxyl groups excluding tert-OH is 1. The molecule has 0 radical (unpaired) electrons. The van der Waals surface area contributed by atoms with Gasteiger partial charge in [0.05, 0.1) is 12.7 Å². The van der Waals surface area contributed by atoms with E-state index in [4.69, 9.17) is 9.84 Å². The zero-order valence-electron chi connectivity index (χ0n) is 26.2. The molecule has 0 aromatic heterocycles. The molecule has 2 aromatic rings. The summed E-state index contributed by atoms with van der Waals surface area (Å²) in [5, 5.41) is 19.6. The summed E-state index contributed by atoms with van der Waals surface area (Å²) in [7, 11) is 0. The quantitative estimate of drug-likeness (QED) is 0.153. The number of carbonyl (C=O) groups is 1. The van der Waals surface area contributed by atoms with Crippen LogP contribution in [0.2, 0.25) is 0 Å². The van der Waals surface area contributed by atoms with Gasteiger partial charge in [-0.25, -0.2) is 0 Å². The Kier molecular flexibility index (Phi) is 15.1. The molecule has 4 nitrogen and oxygen atoms in total. The molecule has 222 valence electrons. The maximum Gasteiger partial charge on any atom is 0.303 e. The van der Waals surface area contributed by atoms with Crippen molar-refractivity contribution in [3.63, 3.8) is 0 Å². The standard InChI is InChI=1S/C34H52O4.C2H2/c1-8-21-33(6,7)31(35)20-16-27-15-17-28(23-25(27)4)34(9-2,10-3)29-18-19-30(26(5)24-29)38-22-13-11-12-14-32(36)37;1-2/h15,17-19,23-24,31,35H,8-14,16,20-22H2,1-7H3,(H,36,37);1-2H. The molecular weight excluding hydrogens is 496 g/mol. The summed E-state index contributed by atoms with van der Waals surface area (Å²) in [5.41, 5.74) is 6.32. The van der Waals surface area contributed by atoms with E-state index in [1.165, 1.54) is 22.3 Å². The zero-order valence-corrected chi connectivity index (χ0v) is 26.2. The lowest BCUT2D eigenvalue weighted by atomic mass is 9.69. The number of carboxylic acid groups (broad SMARTS) is 1. The molecule has 4 heteroatoms. The SMILES string of the molecule is C#C.CCCC(C)(C)C(O)CCc1ccc(C(CC)(CC)c2ccc(OCCCCCC(=O)O)c(C)c2)cc1C. The molecule has 0 amide bonds. The first-order valence-corrected chi connectivity index (χ1v) is 15.1. The number of ether oxygens (including phenoxy) is 1. The van der Waals surface area contributed by atoms with Gasteiger partial charge in [0.2, 0.25) is 0 Å². The predicted molar refractivity (Wildman–Crippen MR) is 168 cm³/mol. The Morgan fingerprint density at radius 1 is 0.925 bits per heavy atom. The zero-order chi connectivity index (χ0) is 30.3. The second-order valence-electron chi connectivity index (χ2n) is 11.8. The van der Waals surface area contributed by atoms with Crippen molar-refractivity contribution in [1.82, 2.24) is 0 Å². The monoisotopic (exact) mass is 550 g/mol. The van der Waals surface area contributed by atoms with Crippen LogP contribution in [-0.4, -0.2) is 28.9 Å². The molecule has 0 bridgehead atoms. The fourth-order valence-corrected chi connectivity index (χ4v) is 5.85. The van der Waals surface area contributed by atoms with Gasteiger partial charge < -0.3 is 14.9 Å². The van der Waals surface area contributed by atoms with Crippen LogP contribution in [0.5, 0.6) is 5.75 Å². The number of unbranched alkanes of at least 4 members (excludes halogenated alkanes) is 2. The number of benzene rings is 2. The van der Waals surface area contributed by atoms with E-state index in [0.29, 0.717) is 13.0 Å². The van der Waals surface area contributed by atoms with Crippen molar-refractivity contribution in [2.75, 3.05) is 6.61 Å². The van der Waals surface area contributed by atoms with Crippen LogP contribution >= 0.6 is 0 Å². The van der Waals surface area contributed by atoms with Gasteiger partial charge in [-0.05, 0) is 105 Å². The number of aliphatic carboxylic acids is 1. The van der Waals surface area contributed by atoms with E-state index in [1.807, 2.05) is 0 Å². The topological polar surface area (TPSA) is 66.8 Å². The van der Waals surface area contributed by atoms with Gasteiger partial charge in [-0.15, -0.1) is 12.8 Å². The average molecular weight is 551 g/mol. The first-order chi connectivity index (χ1) is 19.0. The third kappa shape index (κ3) is 9.70. The lowest BCUT2D eigenvalue weighted by molar-refractivity contribution is -0.137. The van der Waals surface area contributed by atoms with Gasteiger partial charge in [0, 0.05) is 11.8 Å². The van der Waals surface area contributed by atoms with Gasteiger partial charge in [0.1, 0.15) is 5.75 Å². The Morgan fingerprint density at radius 3 is 2.05 bits per heavy atom. The molecule has 0 saturated carbocycles. The number of terminal acetylenes is 1. The van der Waals surface area contributed by atoms with Gasteiger partial charge in [-0.3, -0.25) is 4.79 Å². The second-order valence-corrected chi connectivity index (χ2v) is 11.8. The minimum Gasteiger partial charge on any atom is -0.493 e. The maximum absolute atomic E-state index is 10.8. The lowest BCUT2D eigenvalue weighted by Crippen LogP contribution is -2.29. The van der Waals surface area contributed by atoms with Crippen molar-refractivity contribution in [2.24, 2.45) is 5.41 Å². The molecule has 1 unspecified atom stereocenters. The minimum absolute atomic E-state index is 0.0454. The van der Waals surface area contributed by atoms with E-state index in [2.05, 4.69) is 97.7 Å². The molecule has 1 atom stereocenters. The van der Waals surface area contributed by atoms with Gasteiger partial charge in [0.25, 0.3) is 0 Å². The summed E-state index contributed by atoms with van der Waals surface area (Å²) >= 11 is 0. The highest BCUT2D eigenvalue weighted by atomic mass is 16.5. The van der Waals surface area contributed by atoms with E-state index >= 15 is 0 Å². The molecule has 0 heterocycles. The van der Waals surface area contributed by atoms with E-state index in [-0.39, 0.29) is 23.4 Å². The summed E-state index contributed by atoms with van der Waals surface area (Å²) in [6.45, 7) is 16.0. The number of aliphatic hydroxyl groups is 1. The Hall–Kier alpha value is -2.77. The third-order valence-corrected chi connectivity index (χ3v) is 8.61. The summed E-state index contributed by atoms with van der Waals surface area (Å²) in [5.74, 6) is 0.173. The molecule has 2 rings (SSSR count). The van der Waals surface area contributed by atoms with Gasteiger partial charge in [-0.2, -0.15) is 0 Å². The lowest BCUT2D eigenvalue weighted by Gasteiger charge is -2.34. The van der Waals surface area contributed by atoms with Crippen LogP contribution in [0, 0.1) is 32.1 Å². The van der Waals surface area contributed by atoms with Crippen LogP contribution < -0.4 is 4.74 Å². The van der Waals surface area contributed by atoms with Crippen molar-refractivity contribution in [1.29, 1.82) is 0 Å². The first kappa shape index (κ1) is 35.3. The highest BCUT2D eigenvalue weighted by Gasteiger charge is 2.32. The molecule has 0 fully saturated rings. The van der Waals surface area contributed by atoms with Crippen LogP contribution in [0.1, 0.15) is 120 Å². The number of hydrogen-bond donors (Lipinski definition) is 2. The Labute approximate surface area is 244 Å². The maximum atomic E-state index is 10.8. The number of hydrogen-bond acceptors (Lipinski definition) is 3. The van der Waals surface area contributed by atoms with Crippen LogP contribution in [0.15, 0.2) is 36.4 Å². The van der Waals surface area contributed by atoms with E-state index in [0.717, 1.165) is 62.7 Å². The van der Waals surface area contributed by atoms with Crippen LogP contribution in [-0.2, 0) is 16.6 Å². The van der Waals surface area contributed by atoms with Crippen molar-refractivity contribution in [3.8, 4) is 18.6 Å². The summed E-state index contributed by atoms with van der Waals surface area (Å²) in [6.07, 6.45) is 16.2. The van der Waals surface area contributed by atoms with E-state index in [1.54, 1.807) is 0 Å². The van der Waals surface area contributed by atoms with Crippen LogP contribution in [0.4, 0.5) is 0 Å².